The molecule has 3 heteroatoms. The van der Waals surface area contributed by atoms with Crippen molar-refractivity contribution < 1.29 is 13.0 Å². The summed E-state index contributed by atoms with van der Waals surface area (Å²) in [4.78, 5) is 15.9. The van der Waals surface area contributed by atoms with Gasteiger partial charge >= 0.3 is 0 Å². The molecule has 0 unspecified atom stereocenters. The fourth-order valence-electron chi connectivity index (χ4n) is 3.44. The van der Waals surface area contributed by atoms with E-state index in [0.29, 0.717) is 29.7 Å². The second kappa shape index (κ2) is 4.59. The summed E-state index contributed by atoms with van der Waals surface area (Å²) in [5, 5.41) is 0. The Morgan fingerprint density at radius 1 is 1.25 bits per heavy atom. The van der Waals surface area contributed by atoms with Crippen LogP contribution in [0.25, 0.3) is 0 Å². The van der Waals surface area contributed by atoms with Crippen LogP contribution in [0, 0.1) is 13.8 Å². The van der Waals surface area contributed by atoms with Crippen LogP contribution in [0.5, 0.6) is 0 Å². The number of carbonyl (C=O) groups excluding carboxylic acids is 1. The van der Waals surface area contributed by atoms with E-state index in [4.69, 9.17) is 8.22 Å². The molecule has 0 spiro atoms. The number of fused-ring (bicyclic) bond motifs is 1. The number of anilines is 1. The number of amides is 1. The molecule has 108 valence electrons. The SMILES string of the molecule is [2H]C([2H])([2H])C1(C([2H])([2H])[2H])N(c2c(C)cccc2C)C(=O)[C@@H]2CCCCN21. The molecule has 2 heterocycles. The van der Waals surface area contributed by atoms with E-state index in [-0.39, 0.29) is 6.54 Å². The monoisotopic (exact) mass is 278 g/mol. The van der Waals surface area contributed by atoms with Crippen molar-refractivity contribution in [3.63, 3.8) is 0 Å². The van der Waals surface area contributed by atoms with Gasteiger partial charge in [0.15, 0.2) is 0 Å². The molecule has 1 amide bonds. The average molecular weight is 278 g/mol. The number of carbonyl (C=O) groups is 1. The summed E-state index contributed by atoms with van der Waals surface area (Å²) in [6.45, 7) is -1.95. The minimum atomic E-state index is -2.89. The summed E-state index contributed by atoms with van der Waals surface area (Å²) in [7, 11) is 0. The number of hydrogen-bond acceptors (Lipinski definition) is 2. The van der Waals surface area contributed by atoms with Crippen LogP contribution >= 0.6 is 0 Å². The maximum Gasteiger partial charge on any atom is 0.245 e. The Morgan fingerprint density at radius 3 is 2.60 bits per heavy atom. The highest BCUT2D eigenvalue weighted by Gasteiger charge is 2.52. The van der Waals surface area contributed by atoms with E-state index >= 15 is 0 Å². The molecule has 0 aromatic heterocycles. The third-order valence-corrected chi connectivity index (χ3v) is 4.41. The fraction of sp³-hybridized carbons (Fsp3) is 0.588. The van der Waals surface area contributed by atoms with Gasteiger partial charge in [-0.25, -0.2) is 0 Å². The molecular formula is C17H24N2O. The van der Waals surface area contributed by atoms with Crippen LogP contribution in [-0.4, -0.2) is 29.1 Å². The van der Waals surface area contributed by atoms with E-state index in [1.54, 1.807) is 26.0 Å². The van der Waals surface area contributed by atoms with Crippen LogP contribution in [0.15, 0.2) is 18.2 Å². The molecule has 0 bridgehead atoms. The molecule has 0 saturated carbocycles. The maximum atomic E-state index is 13.3. The number of aryl methyl sites for hydroxylation is 2. The van der Waals surface area contributed by atoms with E-state index in [9.17, 15) is 4.79 Å². The van der Waals surface area contributed by atoms with E-state index in [1.807, 2.05) is 6.07 Å². The van der Waals surface area contributed by atoms with E-state index in [0.717, 1.165) is 11.3 Å². The standard InChI is InChI=1S/C17H24N2O/c1-12-8-7-9-13(2)15(12)19-16(20)14-10-5-6-11-18(14)17(19,3)4/h7-9,14H,5-6,10-11H2,1-4H3/t14-/m0/s1/i3D3,4D3. The molecule has 1 aromatic carbocycles. The summed E-state index contributed by atoms with van der Waals surface area (Å²) in [6.07, 6.45) is 1.94. The Hall–Kier alpha value is -1.35. The van der Waals surface area contributed by atoms with E-state index < -0.39 is 31.3 Å². The highest BCUT2D eigenvalue weighted by atomic mass is 16.2. The lowest BCUT2D eigenvalue weighted by Crippen LogP contribution is -2.51. The first kappa shape index (κ1) is 8.18. The number of hydrogen-bond donors (Lipinski definition) is 0. The van der Waals surface area contributed by atoms with Gasteiger partial charge in [-0.1, -0.05) is 24.6 Å². The molecular weight excluding hydrogens is 248 g/mol. The molecule has 0 radical (unpaired) electrons. The zero-order valence-corrected chi connectivity index (χ0v) is 11.9. The lowest BCUT2D eigenvalue weighted by Gasteiger charge is -2.41. The predicted octanol–water partition coefficient (Wildman–Crippen LogP) is 3.24. The van der Waals surface area contributed by atoms with Gasteiger partial charge in [0.05, 0.1) is 17.4 Å². The van der Waals surface area contributed by atoms with Gasteiger partial charge in [-0.05, 0) is 51.5 Å². The molecule has 1 atom stereocenters. The van der Waals surface area contributed by atoms with Crippen molar-refractivity contribution in [3.8, 4) is 0 Å². The summed E-state index contributed by atoms with van der Waals surface area (Å²) >= 11 is 0. The number of benzene rings is 1. The number of nitrogens with zero attached hydrogens (tertiary/aromatic N) is 2. The summed E-state index contributed by atoms with van der Waals surface area (Å²) < 4.78 is 49.2. The summed E-state index contributed by atoms with van der Waals surface area (Å²) in [5.41, 5.74) is -0.565. The second-order valence-corrected chi connectivity index (χ2v) is 5.79. The molecule has 20 heavy (non-hydrogen) atoms. The Balaban J connectivity index is 2.37. The van der Waals surface area contributed by atoms with Crippen molar-refractivity contribution in [1.82, 2.24) is 4.90 Å². The zero-order chi connectivity index (χ0) is 19.5. The Labute approximate surface area is 130 Å². The number of rotatable bonds is 1. The van der Waals surface area contributed by atoms with Crippen LogP contribution < -0.4 is 4.90 Å². The molecule has 2 aliphatic heterocycles. The minimum absolute atomic E-state index is 0.286. The van der Waals surface area contributed by atoms with E-state index in [2.05, 4.69) is 0 Å². The molecule has 1 aromatic rings. The van der Waals surface area contributed by atoms with E-state index in [1.165, 1.54) is 4.90 Å². The lowest BCUT2D eigenvalue weighted by atomic mass is 10.0. The van der Waals surface area contributed by atoms with Crippen LogP contribution in [0.1, 0.15) is 52.3 Å². The van der Waals surface area contributed by atoms with Crippen molar-refractivity contribution in [2.75, 3.05) is 11.4 Å². The van der Waals surface area contributed by atoms with Gasteiger partial charge in [0.1, 0.15) is 0 Å². The normalized spacial score (nSPS) is 31.6. The van der Waals surface area contributed by atoms with Crippen molar-refractivity contribution in [3.05, 3.63) is 29.3 Å². The summed E-state index contributed by atoms with van der Waals surface area (Å²) in [6, 6.07) is 4.66. The maximum absolute atomic E-state index is 13.3. The van der Waals surface area contributed by atoms with Crippen molar-refractivity contribution >= 4 is 11.6 Å². The quantitative estimate of drug-likeness (QED) is 0.787. The predicted molar refractivity (Wildman–Crippen MR) is 81.8 cm³/mol. The van der Waals surface area contributed by atoms with Crippen LogP contribution in [-0.2, 0) is 4.79 Å². The van der Waals surface area contributed by atoms with Crippen LogP contribution in [0.4, 0.5) is 5.69 Å². The first-order valence-electron chi connectivity index (χ1n) is 10.1. The second-order valence-electron chi connectivity index (χ2n) is 5.79. The lowest BCUT2D eigenvalue weighted by molar-refractivity contribution is -0.120. The van der Waals surface area contributed by atoms with Gasteiger partial charge in [-0.2, -0.15) is 0 Å². The Morgan fingerprint density at radius 2 is 1.95 bits per heavy atom. The van der Waals surface area contributed by atoms with Crippen LogP contribution in [0.2, 0.25) is 0 Å². The van der Waals surface area contributed by atoms with Gasteiger partial charge in [0.25, 0.3) is 0 Å². The minimum Gasteiger partial charge on any atom is -0.292 e. The Kier molecular flexibility index (Phi) is 1.88. The van der Waals surface area contributed by atoms with Gasteiger partial charge in [0, 0.05) is 14.8 Å². The topological polar surface area (TPSA) is 23.6 Å². The van der Waals surface area contributed by atoms with Gasteiger partial charge in [0.2, 0.25) is 5.91 Å². The van der Waals surface area contributed by atoms with Gasteiger partial charge in [-0.15, -0.1) is 0 Å². The highest BCUT2D eigenvalue weighted by molar-refractivity contribution is 6.02. The fourth-order valence-corrected chi connectivity index (χ4v) is 3.44. The molecule has 2 saturated heterocycles. The number of piperidine rings is 1. The zero-order valence-electron chi connectivity index (χ0n) is 17.9. The van der Waals surface area contributed by atoms with Crippen LogP contribution in [0.3, 0.4) is 0 Å². The van der Waals surface area contributed by atoms with Crippen molar-refractivity contribution in [2.24, 2.45) is 0 Å². The molecule has 2 aliphatic rings. The van der Waals surface area contributed by atoms with Gasteiger partial charge < -0.3 is 0 Å². The first-order valence-corrected chi connectivity index (χ1v) is 7.11. The average Bonchev–Trinajstić information content (AvgIpc) is 2.77. The molecule has 0 N–H and O–H groups in total. The van der Waals surface area contributed by atoms with Crippen molar-refractivity contribution in [1.29, 1.82) is 0 Å². The highest BCUT2D eigenvalue weighted by Crippen LogP contribution is 2.41. The molecule has 3 nitrogen and oxygen atoms in total. The summed E-state index contributed by atoms with van der Waals surface area (Å²) in [5.74, 6) is -0.422. The third-order valence-electron chi connectivity index (χ3n) is 4.41. The third kappa shape index (κ3) is 1.80. The largest absolute Gasteiger partial charge is 0.292 e. The number of para-hydroxylation sites is 1. The molecule has 3 rings (SSSR count). The van der Waals surface area contributed by atoms with Crippen molar-refractivity contribution in [2.45, 2.75) is 58.5 Å². The molecule has 2 fully saturated rings. The first-order chi connectivity index (χ1) is 11.9. The molecule has 0 aliphatic carbocycles. The van der Waals surface area contributed by atoms with Gasteiger partial charge in [-0.3, -0.25) is 14.6 Å². The Bertz CT molecular complexity index is 693. The smallest absolute Gasteiger partial charge is 0.245 e.